The number of nitrogens with one attached hydrogen (secondary N) is 1. The number of aromatic nitrogens is 2. The van der Waals surface area contributed by atoms with Crippen LogP contribution in [-0.4, -0.2) is 22.5 Å². The predicted molar refractivity (Wildman–Crippen MR) is 40.8 cm³/mol. The first kappa shape index (κ1) is 7.02. The van der Waals surface area contributed by atoms with Crippen molar-refractivity contribution in [1.29, 1.82) is 0 Å². The number of hydrogen-bond donors (Lipinski definition) is 1. The third-order valence-electron chi connectivity index (χ3n) is 1.52. The Morgan fingerprint density at radius 2 is 2.50 bits per heavy atom. The van der Waals surface area contributed by atoms with Crippen molar-refractivity contribution in [2.75, 3.05) is 11.9 Å². The second-order valence-corrected chi connectivity index (χ2v) is 2.38. The first-order valence-electron chi connectivity index (χ1n) is 3.59. The van der Waals surface area contributed by atoms with E-state index in [9.17, 15) is 4.79 Å². The molecule has 1 aromatic heterocycles. The Labute approximate surface area is 68.8 Å². The Balaban J connectivity index is 2.37. The fourth-order valence-electron chi connectivity index (χ4n) is 0.965. The highest BCUT2D eigenvalue weighted by atomic mass is 16.5. The van der Waals surface area contributed by atoms with E-state index in [1.165, 1.54) is 12.5 Å². The Kier molecular flexibility index (Phi) is 1.62. The lowest BCUT2D eigenvalue weighted by Gasteiger charge is -2.02. The minimum Gasteiger partial charge on any atom is -0.488 e. The van der Waals surface area contributed by atoms with Gasteiger partial charge < -0.3 is 10.1 Å². The van der Waals surface area contributed by atoms with Gasteiger partial charge in [0.05, 0.1) is 19.2 Å². The van der Waals surface area contributed by atoms with Crippen LogP contribution in [0.25, 0.3) is 0 Å². The molecule has 1 aliphatic rings. The summed E-state index contributed by atoms with van der Waals surface area (Å²) in [7, 11) is 0. The Bertz CT molecular complexity index is 313. The SMILES string of the molecule is O=C1CCOc2cncnc2N1. The molecular formula is C7H7N3O2. The van der Waals surface area contributed by atoms with Crippen LogP contribution < -0.4 is 10.1 Å². The molecule has 0 bridgehead atoms. The largest absolute Gasteiger partial charge is 0.488 e. The second kappa shape index (κ2) is 2.77. The van der Waals surface area contributed by atoms with Gasteiger partial charge >= 0.3 is 0 Å². The van der Waals surface area contributed by atoms with Crippen molar-refractivity contribution in [2.45, 2.75) is 6.42 Å². The molecule has 1 amide bonds. The number of carbonyl (C=O) groups is 1. The average molecular weight is 165 g/mol. The zero-order valence-corrected chi connectivity index (χ0v) is 6.28. The minimum atomic E-state index is -0.0764. The molecule has 62 valence electrons. The molecule has 0 aromatic carbocycles. The number of carbonyl (C=O) groups excluding carboxylic acids is 1. The van der Waals surface area contributed by atoms with Gasteiger partial charge in [0.2, 0.25) is 5.91 Å². The first-order valence-corrected chi connectivity index (χ1v) is 3.59. The predicted octanol–water partition coefficient (Wildman–Crippen LogP) is 0.198. The molecule has 0 saturated heterocycles. The maximum Gasteiger partial charge on any atom is 0.229 e. The average Bonchev–Trinajstić information content (AvgIpc) is 2.25. The fourth-order valence-corrected chi connectivity index (χ4v) is 0.965. The van der Waals surface area contributed by atoms with Gasteiger partial charge in [-0.25, -0.2) is 9.97 Å². The van der Waals surface area contributed by atoms with Crippen molar-refractivity contribution >= 4 is 11.7 Å². The van der Waals surface area contributed by atoms with E-state index >= 15 is 0 Å². The molecule has 0 radical (unpaired) electrons. The molecule has 2 rings (SSSR count). The summed E-state index contributed by atoms with van der Waals surface area (Å²) in [5.41, 5.74) is 0. The molecule has 1 N–H and O–H groups in total. The van der Waals surface area contributed by atoms with E-state index in [4.69, 9.17) is 4.74 Å². The molecular weight excluding hydrogens is 158 g/mol. The van der Waals surface area contributed by atoms with Crippen molar-refractivity contribution in [1.82, 2.24) is 9.97 Å². The molecule has 0 unspecified atom stereocenters. The molecule has 0 spiro atoms. The van der Waals surface area contributed by atoms with E-state index in [-0.39, 0.29) is 5.91 Å². The van der Waals surface area contributed by atoms with Crippen molar-refractivity contribution < 1.29 is 9.53 Å². The van der Waals surface area contributed by atoms with Gasteiger partial charge in [-0.05, 0) is 0 Å². The molecule has 0 saturated carbocycles. The van der Waals surface area contributed by atoms with Gasteiger partial charge in [-0.2, -0.15) is 0 Å². The molecule has 0 atom stereocenters. The standard InChI is InChI=1S/C7H7N3O2/c11-6-1-2-12-5-3-8-4-9-7(5)10-6/h3-4H,1-2H2,(H,8,9,10,11). The van der Waals surface area contributed by atoms with Crippen LogP contribution in [0.1, 0.15) is 6.42 Å². The number of rotatable bonds is 0. The van der Waals surface area contributed by atoms with Crippen molar-refractivity contribution in [2.24, 2.45) is 0 Å². The Hall–Kier alpha value is -1.65. The number of nitrogens with zero attached hydrogens (tertiary/aromatic N) is 2. The van der Waals surface area contributed by atoms with Crippen LogP contribution in [-0.2, 0) is 4.79 Å². The third kappa shape index (κ3) is 1.20. The van der Waals surface area contributed by atoms with Crippen LogP contribution in [0.3, 0.4) is 0 Å². The topological polar surface area (TPSA) is 64.1 Å². The van der Waals surface area contributed by atoms with Crippen molar-refractivity contribution in [3.63, 3.8) is 0 Å². The van der Waals surface area contributed by atoms with Gasteiger partial charge in [-0.15, -0.1) is 0 Å². The minimum absolute atomic E-state index is 0.0764. The maximum absolute atomic E-state index is 11.0. The normalized spacial score (nSPS) is 15.5. The van der Waals surface area contributed by atoms with Crippen LogP contribution >= 0.6 is 0 Å². The monoisotopic (exact) mass is 165 g/mol. The molecule has 0 fully saturated rings. The lowest BCUT2D eigenvalue weighted by Crippen LogP contribution is -2.11. The van der Waals surface area contributed by atoms with Gasteiger partial charge in [0.15, 0.2) is 11.6 Å². The summed E-state index contributed by atoms with van der Waals surface area (Å²) >= 11 is 0. The van der Waals surface area contributed by atoms with Crippen LogP contribution in [0.4, 0.5) is 5.82 Å². The van der Waals surface area contributed by atoms with Crippen LogP contribution in [0.15, 0.2) is 12.5 Å². The first-order chi connectivity index (χ1) is 5.86. The smallest absolute Gasteiger partial charge is 0.229 e. The summed E-state index contributed by atoms with van der Waals surface area (Å²) in [4.78, 5) is 18.6. The quantitative estimate of drug-likeness (QED) is 0.596. The molecule has 12 heavy (non-hydrogen) atoms. The van der Waals surface area contributed by atoms with E-state index in [0.717, 1.165) is 0 Å². The summed E-state index contributed by atoms with van der Waals surface area (Å²) in [5, 5.41) is 2.61. The summed E-state index contributed by atoms with van der Waals surface area (Å²) < 4.78 is 5.21. The van der Waals surface area contributed by atoms with Gasteiger partial charge in [0.1, 0.15) is 6.33 Å². The number of fused-ring (bicyclic) bond motifs is 1. The zero-order chi connectivity index (χ0) is 8.39. The van der Waals surface area contributed by atoms with Crippen LogP contribution in [0, 0.1) is 0 Å². The molecule has 1 aromatic rings. The molecule has 5 heteroatoms. The Morgan fingerprint density at radius 1 is 1.58 bits per heavy atom. The maximum atomic E-state index is 11.0. The lowest BCUT2D eigenvalue weighted by molar-refractivity contribution is -0.116. The van der Waals surface area contributed by atoms with E-state index in [1.807, 2.05) is 0 Å². The van der Waals surface area contributed by atoms with Gasteiger partial charge in [0, 0.05) is 0 Å². The van der Waals surface area contributed by atoms with Crippen LogP contribution in [0.5, 0.6) is 5.75 Å². The number of ether oxygens (including phenoxy) is 1. The van der Waals surface area contributed by atoms with Gasteiger partial charge in [0.25, 0.3) is 0 Å². The summed E-state index contributed by atoms with van der Waals surface area (Å²) in [6, 6.07) is 0. The summed E-state index contributed by atoms with van der Waals surface area (Å²) in [6.45, 7) is 0.381. The van der Waals surface area contributed by atoms with E-state index < -0.39 is 0 Å². The molecule has 1 aliphatic heterocycles. The highest BCUT2D eigenvalue weighted by molar-refractivity contribution is 5.91. The highest BCUT2D eigenvalue weighted by Crippen LogP contribution is 2.21. The second-order valence-electron chi connectivity index (χ2n) is 2.38. The van der Waals surface area contributed by atoms with Gasteiger partial charge in [-0.3, -0.25) is 4.79 Å². The van der Waals surface area contributed by atoms with Crippen molar-refractivity contribution in [3.8, 4) is 5.75 Å². The third-order valence-corrected chi connectivity index (χ3v) is 1.52. The van der Waals surface area contributed by atoms with Crippen LogP contribution in [0.2, 0.25) is 0 Å². The Morgan fingerprint density at radius 3 is 3.42 bits per heavy atom. The zero-order valence-electron chi connectivity index (χ0n) is 6.28. The highest BCUT2D eigenvalue weighted by Gasteiger charge is 2.13. The van der Waals surface area contributed by atoms with Crippen molar-refractivity contribution in [3.05, 3.63) is 12.5 Å². The van der Waals surface area contributed by atoms with Gasteiger partial charge in [-0.1, -0.05) is 0 Å². The molecule has 5 nitrogen and oxygen atoms in total. The molecule has 2 heterocycles. The van der Waals surface area contributed by atoms with E-state index in [0.29, 0.717) is 24.6 Å². The number of amides is 1. The molecule has 0 aliphatic carbocycles. The number of hydrogen-bond acceptors (Lipinski definition) is 4. The lowest BCUT2D eigenvalue weighted by atomic mass is 10.4. The fraction of sp³-hybridized carbons (Fsp3) is 0.286. The summed E-state index contributed by atoms with van der Waals surface area (Å²) in [6.07, 6.45) is 3.26. The summed E-state index contributed by atoms with van der Waals surface area (Å²) in [5.74, 6) is 0.906. The van der Waals surface area contributed by atoms with E-state index in [1.54, 1.807) is 0 Å². The van der Waals surface area contributed by atoms with E-state index in [2.05, 4.69) is 15.3 Å². The number of anilines is 1.